The Balaban J connectivity index is 2.77. The van der Waals surface area contributed by atoms with E-state index in [2.05, 4.69) is 10.0 Å². The number of rotatable bonds is 8. The summed E-state index contributed by atoms with van der Waals surface area (Å²) in [6.07, 6.45) is -1.14. The zero-order chi connectivity index (χ0) is 17.6. The van der Waals surface area contributed by atoms with Crippen molar-refractivity contribution in [3.8, 4) is 0 Å². The van der Waals surface area contributed by atoms with Crippen LogP contribution in [0, 0.1) is 0 Å². The summed E-state index contributed by atoms with van der Waals surface area (Å²) < 4.78 is 31.0. The van der Waals surface area contributed by atoms with Crippen molar-refractivity contribution in [3.05, 3.63) is 29.8 Å². The third kappa shape index (κ3) is 5.62. The fourth-order valence-corrected chi connectivity index (χ4v) is 2.97. The topological polar surface area (TPSA) is 122 Å². The standard InChI is InChI=1S/C14H20N2O6S/c1-9(2)16-23(20,21)11-6-4-10(5-7-11)13(17)15-8-12(22-3)14(18)19/h4-7,9,12,16H,8H2,1-3H3,(H,15,17)(H,18,19). The molecule has 3 N–H and O–H groups in total. The summed E-state index contributed by atoms with van der Waals surface area (Å²) in [5.74, 6) is -1.71. The second-order valence-corrected chi connectivity index (χ2v) is 6.79. The maximum atomic E-state index is 12.0. The van der Waals surface area contributed by atoms with Crippen LogP contribution in [0.3, 0.4) is 0 Å². The first kappa shape index (κ1) is 19.1. The normalized spacial score (nSPS) is 12.9. The Morgan fingerprint density at radius 2 is 1.78 bits per heavy atom. The predicted molar refractivity (Wildman–Crippen MR) is 82.7 cm³/mol. The first-order valence-electron chi connectivity index (χ1n) is 6.83. The molecule has 0 heterocycles. The number of aliphatic carboxylic acids is 1. The monoisotopic (exact) mass is 344 g/mol. The predicted octanol–water partition coefficient (Wildman–Crippen LogP) is 0.203. The van der Waals surface area contributed by atoms with E-state index in [9.17, 15) is 18.0 Å². The molecule has 0 bridgehead atoms. The van der Waals surface area contributed by atoms with Crippen LogP contribution in [-0.2, 0) is 19.6 Å². The molecule has 0 radical (unpaired) electrons. The number of carbonyl (C=O) groups excluding carboxylic acids is 1. The van der Waals surface area contributed by atoms with Crippen molar-refractivity contribution in [2.75, 3.05) is 13.7 Å². The van der Waals surface area contributed by atoms with Gasteiger partial charge in [0.15, 0.2) is 6.10 Å². The van der Waals surface area contributed by atoms with Crippen molar-refractivity contribution in [3.63, 3.8) is 0 Å². The summed E-state index contributed by atoms with van der Waals surface area (Å²) in [5, 5.41) is 11.2. The molecular formula is C14H20N2O6S. The Bertz CT molecular complexity index is 654. The minimum atomic E-state index is -3.62. The Labute approximate surface area is 134 Å². The number of hydrogen-bond acceptors (Lipinski definition) is 5. The van der Waals surface area contributed by atoms with Gasteiger partial charge in [0.05, 0.1) is 11.4 Å². The highest BCUT2D eigenvalue weighted by Gasteiger charge is 2.19. The van der Waals surface area contributed by atoms with Gasteiger partial charge in [-0.25, -0.2) is 17.9 Å². The Morgan fingerprint density at radius 1 is 1.22 bits per heavy atom. The molecule has 0 spiro atoms. The van der Waals surface area contributed by atoms with E-state index in [1.165, 1.54) is 31.4 Å². The fraction of sp³-hybridized carbons (Fsp3) is 0.429. The van der Waals surface area contributed by atoms with Crippen LogP contribution in [-0.4, -0.2) is 51.2 Å². The van der Waals surface area contributed by atoms with Gasteiger partial charge in [0.1, 0.15) is 0 Å². The van der Waals surface area contributed by atoms with Crippen molar-refractivity contribution in [2.24, 2.45) is 0 Å². The van der Waals surface area contributed by atoms with Crippen LogP contribution in [0.4, 0.5) is 0 Å². The minimum Gasteiger partial charge on any atom is -0.479 e. The first-order valence-corrected chi connectivity index (χ1v) is 8.32. The minimum absolute atomic E-state index is 0.0445. The third-order valence-electron chi connectivity index (χ3n) is 2.83. The summed E-state index contributed by atoms with van der Waals surface area (Å²) in [4.78, 5) is 22.7. The lowest BCUT2D eigenvalue weighted by molar-refractivity contribution is -0.148. The summed E-state index contributed by atoms with van der Waals surface area (Å²) in [6.45, 7) is 3.21. The average Bonchev–Trinajstić information content (AvgIpc) is 2.46. The maximum absolute atomic E-state index is 12.0. The van der Waals surface area contributed by atoms with E-state index in [1.807, 2.05) is 0 Å². The molecule has 1 aromatic carbocycles. The molecule has 0 aliphatic carbocycles. The number of methoxy groups -OCH3 is 1. The van der Waals surface area contributed by atoms with Gasteiger partial charge >= 0.3 is 5.97 Å². The molecule has 0 fully saturated rings. The first-order chi connectivity index (χ1) is 10.7. The Morgan fingerprint density at radius 3 is 2.22 bits per heavy atom. The van der Waals surface area contributed by atoms with Crippen LogP contribution < -0.4 is 10.0 Å². The second kappa shape index (κ2) is 8.04. The zero-order valence-corrected chi connectivity index (χ0v) is 13.9. The molecule has 128 valence electrons. The largest absolute Gasteiger partial charge is 0.479 e. The smallest absolute Gasteiger partial charge is 0.334 e. The molecule has 9 heteroatoms. The van der Waals surface area contributed by atoms with Crippen molar-refractivity contribution in [2.45, 2.75) is 30.9 Å². The van der Waals surface area contributed by atoms with Crippen LogP contribution in [0.25, 0.3) is 0 Å². The number of carboxylic acid groups (broad SMARTS) is 1. The molecule has 1 rings (SSSR count). The molecule has 23 heavy (non-hydrogen) atoms. The van der Waals surface area contributed by atoms with Gasteiger partial charge in [-0.2, -0.15) is 0 Å². The van der Waals surface area contributed by atoms with Crippen LogP contribution in [0.5, 0.6) is 0 Å². The lowest BCUT2D eigenvalue weighted by Gasteiger charge is -2.12. The van der Waals surface area contributed by atoms with Gasteiger partial charge in [0.2, 0.25) is 10.0 Å². The van der Waals surface area contributed by atoms with Gasteiger partial charge in [-0.1, -0.05) is 0 Å². The van der Waals surface area contributed by atoms with Gasteiger partial charge in [-0.05, 0) is 38.1 Å². The molecule has 8 nitrogen and oxygen atoms in total. The number of amides is 1. The third-order valence-corrected chi connectivity index (χ3v) is 4.50. The lowest BCUT2D eigenvalue weighted by Crippen LogP contribution is -2.37. The maximum Gasteiger partial charge on any atom is 0.334 e. The van der Waals surface area contributed by atoms with Crippen molar-refractivity contribution < 1.29 is 27.9 Å². The Kier molecular flexibility index (Phi) is 6.67. The van der Waals surface area contributed by atoms with Crippen LogP contribution in [0.2, 0.25) is 0 Å². The fourth-order valence-electron chi connectivity index (χ4n) is 1.72. The van der Waals surface area contributed by atoms with E-state index >= 15 is 0 Å². The van der Waals surface area contributed by atoms with Crippen molar-refractivity contribution >= 4 is 21.9 Å². The van der Waals surface area contributed by atoms with Gasteiger partial charge in [0.25, 0.3) is 5.91 Å². The number of ether oxygens (including phenoxy) is 1. The van der Waals surface area contributed by atoms with E-state index in [0.29, 0.717) is 0 Å². The number of sulfonamides is 1. The number of hydrogen-bond donors (Lipinski definition) is 3. The van der Waals surface area contributed by atoms with E-state index in [4.69, 9.17) is 9.84 Å². The summed E-state index contributed by atoms with van der Waals surface area (Å²) in [6, 6.07) is 5.08. The van der Waals surface area contributed by atoms with E-state index < -0.39 is 28.0 Å². The SMILES string of the molecule is COC(CNC(=O)c1ccc(S(=O)(=O)NC(C)C)cc1)C(=O)O. The van der Waals surface area contributed by atoms with Crippen LogP contribution >= 0.6 is 0 Å². The second-order valence-electron chi connectivity index (χ2n) is 5.07. The molecule has 0 saturated heterocycles. The lowest BCUT2D eigenvalue weighted by atomic mass is 10.2. The van der Waals surface area contributed by atoms with Crippen molar-refractivity contribution in [1.29, 1.82) is 0 Å². The highest BCUT2D eigenvalue weighted by Crippen LogP contribution is 2.11. The molecular weight excluding hydrogens is 324 g/mol. The summed E-state index contributed by atoms with van der Waals surface area (Å²) in [7, 11) is -2.39. The summed E-state index contributed by atoms with van der Waals surface area (Å²) >= 11 is 0. The number of benzene rings is 1. The molecule has 0 aromatic heterocycles. The number of carbonyl (C=O) groups is 2. The van der Waals surface area contributed by atoms with Gasteiger partial charge < -0.3 is 15.2 Å². The molecule has 1 unspecified atom stereocenters. The van der Waals surface area contributed by atoms with Crippen LogP contribution in [0.15, 0.2) is 29.2 Å². The molecule has 0 aliphatic heterocycles. The van der Waals surface area contributed by atoms with Gasteiger partial charge in [0, 0.05) is 18.7 Å². The molecule has 1 aromatic rings. The summed E-state index contributed by atoms with van der Waals surface area (Å²) in [5.41, 5.74) is 0.216. The van der Waals surface area contributed by atoms with E-state index in [1.54, 1.807) is 13.8 Å². The molecule has 0 aliphatic rings. The zero-order valence-electron chi connectivity index (χ0n) is 13.1. The molecule has 1 amide bonds. The van der Waals surface area contributed by atoms with E-state index in [-0.39, 0.29) is 23.0 Å². The van der Waals surface area contributed by atoms with Crippen molar-refractivity contribution in [1.82, 2.24) is 10.0 Å². The molecule has 1 atom stereocenters. The van der Waals surface area contributed by atoms with Crippen LogP contribution in [0.1, 0.15) is 24.2 Å². The highest BCUT2D eigenvalue weighted by atomic mass is 32.2. The highest BCUT2D eigenvalue weighted by molar-refractivity contribution is 7.89. The number of nitrogens with one attached hydrogen (secondary N) is 2. The quantitative estimate of drug-likeness (QED) is 0.619. The van der Waals surface area contributed by atoms with E-state index in [0.717, 1.165) is 0 Å². The molecule has 0 saturated carbocycles. The average molecular weight is 344 g/mol. The number of carboxylic acids is 1. The van der Waals surface area contributed by atoms with Gasteiger partial charge in [-0.15, -0.1) is 0 Å². The Hall–Kier alpha value is -1.97. The van der Waals surface area contributed by atoms with Gasteiger partial charge in [-0.3, -0.25) is 4.79 Å².